The molecule has 7 nitrogen and oxygen atoms in total. The van der Waals surface area contributed by atoms with Gasteiger partial charge >= 0.3 is 0 Å². The lowest BCUT2D eigenvalue weighted by Crippen LogP contribution is -2.46. The molecule has 1 fully saturated rings. The average molecular weight is 391 g/mol. The fourth-order valence-corrected chi connectivity index (χ4v) is 3.83. The highest BCUT2D eigenvalue weighted by Gasteiger charge is 2.23. The minimum atomic E-state index is -3.22. The van der Waals surface area contributed by atoms with Gasteiger partial charge in [-0.15, -0.1) is 0 Å². The summed E-state index contributed by atoms with van der Waals surface area (Å²) in [4.78, 5) is 14.4. The zero-order valence-corrected chi connectivity index (χ0v) is 17.0. The van der Waals surface area contributed by atoms with Gasteiger partial charge in [0.2, 0.25) is 10.0 Å². The summed E-state index contributed by atoms with van der Waals surface area (Å²) in [6.45, 7) is 7.57. The van der Waals surface area contributed by atoms with Crippen LogP contribution in [-0.2, 0) is 14.8 Å². The van der Waals surface area contributed by atoms with E-state index in [1.807, 2.05) is 45.0 Å². The predicted molar refractivity (Wildman–Crippen MR) is 106 cm³/mol. The molecule has 0 bridgehead atoms. The van der Waals surface area contributed by atoms with E-state index >= 15 is 0 Å². The molecule has 0 radical (unpaired) electrons. The van der Waals surface area contributed by atoms with Crippen molar-refractivity contribution in [3.63, 3.8) is 0 Å². The molecule has 1 aromatic carbocycles. The number of benzene rings is 1. The summed E-state index contributed by atoms with van der Waals surface area (Å²) in [7, 11) is -3.22. The van der Waals surface area contributed by atoms with Crippen LogP contribution in [0.4, 0.5) is 5.69 Å². The number of amides is 1. The molecule has 27 heavy (non-hydrogen) atoms. The smallest absolute Gasteiger partial charge is 0.267 e. The van der Waals surface area contributed by atoms with Gasteiger partial charge in [-0.1, -0.05) is 32.0 Å². The highest BCUT2D eigenvalue weighted by atomic mass is 32.2. The molecule has 0 unspecified atom stereocenters. The average Bonchev–Trinajstić information content (AvgIpc) is 2.60. The molecule has 0 saturated carbocycles. The van der Waals surface area contributed by atoms with Crippen molar-refractivity contribution in [3.8, 4) is 6.07 Å². The molecule has 1 heterocycles. The monoisotopic (exact) mass is 390 g/mol. The van der Waals surface area contributed by atoms with E-state index in [0.717, 1.165) is 16.8 Å². The second-order valence-corrected chi connectivity index (χ2v) is 8.98. The topological polar surface area (TPSA) is 93.5 Å². The van der Waals surface area contributed by atoms with Crippen molar-refractivity contribution in [3.05, 3.63) is 41.1 Å². The summed E-state index contributed by atoms with van der Waals surface area (Å²) in [5.74, 6) is -0.224. The number of carbonyl (C=O) groups is 1. The fourth-order valence-electron chi connectivity index (χ4n) is 3.01. The number of sulfonamides is 1. The predicted octanol–water partition coefficient (Wildman–Crippen LogP) is 2.04. The largest absolute Gasteiger partial charge is 0.373 e. The number of nitrogens with zero attached hydrogens (tertiary/aromatic N) is 3. The minimum absolute atomic E-state index is 0.000708. The third-order valence-electron chi connectivity index (χ3n) is 4.58. The molecule has 1 aromatic rings. The molecule has 146 valence electrons. The Kier molecular flexibility index (Phi) is 6.63. The Labute approximate surface area is 161 Å². The third kappa shape index (κ3) is 5.31. The molecule has 0 spiro atoms. The van der Waals surface area contributed by atoms with E-state index in [4.69, 9.17) is 0 Å². The maximum atomic E-state index is 12.6. The molecule has 0 aromatic heterocycles. The Bertz CT molecular complexity index is 877. The van der Waals surface area contributed by atoms with Crippen LogP contribution in [0.1, 0.15) is 30.9 Å². The lowest BCUT2D eigenvalue weighted by atomic mass is 9.98. The number of para-hydroxylation sites is 1. The molecular weight excluding hydrogens is 364 g/mol. The number of hydrogen-bond donors (Lipinski definition) is 1. The van der Waals surface area contributed by atoms with Gasteiger partial charge in [-0.25, -0.2) is 8.42 Å². The van der Waals surface area contributed by atoms with Crippen LogP contribution in [0.3, 0.4) is 0 Å². The van der Waals surface area contributed by atoms with Gasteiger partial charge in [0.05, 0.1) is 6.26 Å². The van der Waals surface area contributed by atoms with Crippen molar-refractivity contribution in [1.29, 1.82) is 5.26 Å². The second-order valence-electron chi connectivity index (χ2n) is 7.00. The highest BCUT2D eigenvalue weighted by Crippen LogP contribution is 2.27. The molecule has 1 amide bonds. The summed E-state index contributed by atoms with van der Waals surface area (Å²) in [6, 6.07) is 7.79. The van der Waals surface area contributed by atoms with Gasteiger partial charge in [0, 0.05) is 38.1 Å². The van der Waals surface area contributed by atoms with Gasteiger partial charge in [0.25, 0.3) is 5.91 Å². The lowest BCUT2D eigenvalue weighted by molar-refractivity contribution is -0.112. The van der Waals surface area contributed by atoms with Crippen molar-refractivity contribution in [2.75, 3.05) is 37.8 Å². The Morgan fingerprint density at radius 1 is 1.26 bits per heavy atom. The molecule has 0 atom stereocenters. The number of carbonyl (C=O) groups excluding carboxylic acids is 1. The van der Waals surface area contributed by atoms with Crippen LogP contribution in [-0.4, -0.2) is 56.0 Å². The Morgan fingerprint density at radius 2 is 1.89 bits per heavy atom. The van der Waals surface area contributed by atoms with Crippen LogP contribution in [0.15, 0.2) is 30.0 Å². The van der Waals surface area contributed by atoms with Gasteiger partial charge in [0.1, 0.15) is 11.6 Å². The van der Waals surface area contributed by atoms with Crippen molar-refractivity contribution < 1.29 is 13.2 Å². The number of piperazine rings is 1. The first-order valence-corrected chi connectivity index (χ1v) is 10.7. The first-order valence-electron chi connectivity index (χ1n) is 8.85. The van der Waals surface area contributed by atoms with Gasteiger partial charge in [-0.3, -0.25) is 4.79 Å². The maximum Gasteiger partial charge on any atom is 0.267 e. The summed E-state index contributed by atoms with van der Waals surface area (Å²) >= 11 is 0. The number of nitriles is 1. The van der Waals surface area contributed by atoms with E-state index in [1.165, 1.54) is 16.8 Å². The van der Waals surface area contributed by atoms with Crippen molar-refractivity contribution in [2.24, 2.45) is 0 Å². The van der Waals surface area contributed by atoms with Crippen LogP contribution in [0.2, 0.25) is 0 Å². The minimum Gasteiger partial charge on any atom is -0.373 e. The first kappa shape index (κ1) is 20.9. The van der Waals surface area contributed by atoms with E-state index < -0.39 is 15.9 Å². The van der Waals surface area contributed by atoms with Crippen molar-refractivity contribution in [2.45, 2.75) is 26.7 Å². The fraction of sp³-hybridized carbons (Fsp3) is 0.474. The van der Waals surface area contributed by atoms with E-state index in [-0.39, 0.29) is 11.5 Å². The van der Waals surface area contributed by atoms with Crippen LogP contribution in [0.5, 0.6) is 0 Å². The molecule has 8 heteroatoms. The molecular formula is C19H26N4O3S. The molecule has 1 N–H and O–H groups in total. The van der Waals surface area contributed by atoms with Gasteiger partial charge in [0.15, 0.2) is 0 Å². The van der Waals surface area contributed by atoms with E-state index in [2.05, 4.69) is 5.32 Å². The first-order chi connectivity index (χ1) is 12.6. The van der Waals surface area contributed by atoms with Crippen LogP contribution < -0.4 is 5.32 Å². The standard InChI is InChI=1S/C19H26N4O3S/c1-14(2)17-7-5-6-15(3)18(17)21-19(24)16(12-20)13-22-8-10-23(11-9-22)27(4,25)26/h5-7,13-14H,8-11H2,1-4H3,(H,21,24)/b16-13-. The number of nitrogens with one attached hydrogen (secondary N) is 1. The third-order valence-corrected chi connectivity index (χ3v) is 5.89. The zero-order valence-electron chi connectivity index (χ0n) is 16.2. The molecule has 1 aliphatic rings. The Balaban J connectivity index is 2.14. The van der Waals surface area contributed by atoms with Crippen LogP contribution >= 0.6 is 0 Å². The zero-order chi connectivity index (χ0) is 20.2. The van der Waals surface area contributed by atoms with Crippen LogP contribution in [0, 0.1) is 18.3 Å². The molecule has 1 saturated heterocycles. The molecule has 0 aliphatic carbocycles. The number of aryl methyl sites for hydroxylation is 1. The number of hydrogen-bond acceptors (Lipinski definition) is 5. The van der Waals surface area contributed by atoms with E-state index in [9.17, 15) is 18.5 Å². The van der Waals surface area contributed by atoms with E-state index in [1.54, 1.807) is 4.90 Å². The summed E-state index contributed by atoms with van der Waals surface area (Å²) in [6.07, 6.45) is 2.70. The van der Waals surface area contributed by atoms with E-state index in [0.29, 0.717) is 26.2 Å². The van der Waals surface area contributed by atoms with Gasteiger partial charge in [-0.05, 0) is 24.0 Å². The summed E-state index contributed by atoms with van der Waals surface area (Å²) in [5.41, 5.74) is 2.69. The maximum absolute atomic E-state index is 12.6. The molecule has 2 rings (SSSR count). The van der Waals surface area contributed by atoms with Crippen molar-refractivity contribution >= 4 is 21.6 Å². The van der Waals surface area contributed by atoms with Gasteiger partial charge < -0.3 is 10.2 Å². The molecule has 1 aliphatic heterocycles. The summed E-state index contributed by atoms with van der Waals surface area (Å²) in [5, 5.41) is 12.3. The quantitative estimate of drug-likeness (QED) is 0.613. The highest BCUT2D eigenvalue weighted by molar-refractivity contribution is 7.88. The number of anilines is 1. The SMILES string of the molecule is Cc1cccc(C(C)C)c1NC(=O)/C(C#N)=C\N1CCN(S(C)(=O)=O)CC1. The Hall–Kier alpha value is -2.37. The Morgan fingerprint density at radius 3 is 2.41 bits per heavy atom. The van der Waals surface area contributed by atoms with Crippen molar-refractivity contribution in [1.82, 2.24) is 9.21 Å². The van der Waals surface area contributed by atoms with Gasteiger partial charge in [-0.2, -0.15) is 9.57 Å². The number of rotatable bonds is 5. The lowest BCUT2D eigenvalue weighted by Gasteiger charge is -2.32. The summed E-state index contributed by atoms with van der Waals surface area (Å²) < 4.78 is 24.5. The van der Waals surface area contributed by atoms with Crippen LogP contribution in [0.25, 0.3) is 0 Å². The normalized spacial score (nSPS) is 16.3. The second kappa shape index (κ2) is 8.55.